The molecule has 0 bridgehead atoms. The molecule has 2 aliphatic rings. The minimum Gasteiger partial charge on any atom is -0.373 e. The maximum atomic E-state index is 13.2. The lowest BCUT2D eigenvalue weighted by atomic mass is 9.97. The Morgan fingerprint density at radius 2 is 2.00 bits per heavy atom. The van der Waals surface area contributed by atoms with Gasteiger partial charge in [-0.2, -0.15) is 4.31 Å². The molecule has 0 saturated carbocycles. The summed E-state index contributed by atoms with van der Waals surface area (Å²) >= 11 is 0. The van der Waals surface area contributed by atoms with Crippen molar-refractivity contribution >= 4 is 15.8 Å². The minimum atomic E-state index is -3.67. The summed E-state index contributed by atoms with van der Waals surface area (Å²) < 4.78 is 33.1. The first-order valence-electron chi connectivity index (χ1n) is 10.00. The standard InChI is InChI=1S/C19H28N6O3S/c1-12-17(13(2)28-23-12)29(26,27)25-8-5-6-14(10-25)18-21-16-11-24(4)9-7-15(16)19(20-3)22-18/h14H,5-11H2,1-4H3,(H,20,21,22)/t14-/m0/s1. The minimum absolute atomic E-state index is 0.0383. The van der Waals surface area contributed by atoms with E-state index in [0.717, 1.165) is 49.7 Å². The van der Waals surface area contributed by atoms with Gasteiger partial charge in [0.1, 0.15) is 22.2 Å². The number of sulfonamides is 1. The van der Waals surface area contributed by atoms with Gasteiger partial charge in [0.25, 0.3) is 0 Å². The van der Waals surface area contributed by atoms with Crippen LogP contribution in [0.2, 0.25) is 0 Å². The number of likely N-dealkylation sites (N-methyl/N-ethyl adjacent to an activating group) is 1. The molecule has 1 atom stereocenters. The number of aryl methyl sites for hydroxylation is 2. The zero-order valence-electron chi connectivity index (χ0n) is 17.4. The van der Waals surface area contributed by atoms with Gasteiger partial charge in [0, 0.05) is 44.7 Å². The first-order valence-corrected chi connectivity index (χ1v) is 11.4. The molecule has 4 heterocycles. The second-order valence-electron chi connectivity index (χ2n) is 7.95. The highest BCUT2D eigenvalue weighted by molar-refractivity contribution is 7.89. The SMILES string of the molecule is CNc1nc([C@H]2CCCN(S(=O)(=O)c3c(C)noc3C)C2)nc2c1CCN(C)C2. The van der Waals surface area contributed by atoms with Crippen LogP contribution in [0.15, 0.2) is 9.42 Å². The number of nitrogens with zero attached hydrogens (tertiary/aromatic N) is 5. The molecule has 0 aliphatic carbocycles. The van der Waals surface area contributed by atoms with Gasteiger partial charge < -0.3 is 14.7 Å². The molecule has 2 aromatic heterocycles. The van der Waals surface area contributed by atoms with Crippen LogP contribution in [0.25, 0.3) is 0 Å². The maximum absolute atomic E-state index is 13.2. The monoisotopic (exact) mass is 420 g/mol. The van der Waals surface area contributed by atoms with Crippen molar-refractivity contribution in [1.82, 2.24) is 24.3 Å². The molecule has 158 valence electrons. The van der Waals surface area contributed by atoms with Crippen molar-refractivity contribution in [3.05, 3.63) is 28.5 Å². The average molecular weight is 421 g/mol. The molecule has 2 aromatic rings. The Balaban J connectivity index is 1.65. The molecular weight excluding hydrogens is 392 g/mol. The fourth-order valence-electron chi connectivity index (χ4n) is 4.31. The Bertz CT molecular complexity index is 1000. The van der Waals surface area contributed by atoms with Crippen LogP contribution in [0.3, 0.4) is 0 Å². The van der Waals surface area contributed by atoms with Gasteiger partial charge in [-0.05, 0) is 40.2 Å². The van der Waals surface area contributed by atoms with E-state index >= 15 is 0 Å². The Morgan fingerprint density at radius 3 is 2.69 bits per heavy atom. The number of anilines is 1. The second kappa shape index (κ2) is 7.66. The van der Waals surface area contributed by atoms with Crippen molar-refractivity contribution in [2.45, 2.75) is 50.5 Å². The molecule has 10 heteroatoms. The smallest absolute Gasteiger partial charge is 0.248 e. The summed E-state index contributed by atoms with van der Waals surface area (Å²) in [7, 11) is 0.295. The fraction of sp³-hybridized carbons (Fsp3) is 0.632. The van der Waals surface area contributed by atoms with Crippen LogP contribution in [0.1, 0.15) is 47.3 Å². The van der Waals surface area contributed by atoms with Gasteiger partial charge in [-0.1, -0.05) is 5.16 Å². The molecule has 0 unspecified atom stereocenters. The van der Waals surface area contributed by atoms with Gasteiger partial charge in [-0.25, -0.2) is 18.4 Å². The summed E-state index contributed by atoms with van der Waals surface area (Å²) in [6.45, 7) is 5.91. The predicted molar refractivity (Wildman–Crippen MR) is 108 cm³/mol. The molecule has 0 amide bonds. The molecule has 1 saturated heterocycles. The molecule has 0 aromatic carbocycles. The van der Waals surface area contributed by atoms with Crippen LogP contribution in [-0.4, -0.2) is 66.5 Å². The van der Waals surface area contributed by atoms with Gasteiger partial charge in [0.2, 0.25) is 10.0 Å². The average Bonchev–Trinajstić information content (AvgIpc) is 3.05. The summed E-state index contributed by atoms with van der Waals surface area (Å²) in [6, 6.07) is 0. The summed E-state index contributed by atoms with van der Waals surface area (Å²) in [5, 5.41) is 7.02. The summed E-state index contributed by atoms with van der Waals surface area (Å²) in [5.74, 6) is 1.88. The highest BCUT2D eigenvalue weighted by Gasteiger charge is 2.36. The molecule has 2 aliphatic heterocycles. The van der Waals surface area contributed by atoms with Crippen molar-refractivity contribution in [2.75, 3.05) is 39.0 Å². The van der Waals surface area contributed by atoms with Crippen molar-refractivity contribution in [3.8, 4) is 0 Å². The number of piperidine rings is 1. The third-order valence-corrected chi connectivity index (χ3v) is 7.94. The third-order valence-electron chi connectivity index (χ3n) is 5.83. The topological polar surface area (TPSA) is 104 Å². The molecule has 29 heavy (non-hydrogen) atoms. The largest absolute Gasteiger partial charge is 0.373 e. The van der Waals surface area contributed by atoms with Crippen LogP contribution >= 0.6 is 0 Å². The summed E-state index contributed by atoms with van der Waals surface area (Å²) in [5.41, 5.74) is 2.61. The van der Waals surface area contributed by atoms with Crippen molar-refractivity contribution in [3.63, 3.8) is 0 Å². The van der Waals surface area contributed by atoms with E-state index in [1.807, 2.05) is 7.05 Å². The highest BCUT2D eigenvalue weighted by Crippen LogP contribution is 2.33. The predicted octanol–water partition coefficient (Wildman–Crippen LogP) is 1.68. The van der Waals surface area contributed by atoms with Crippen molar-refractivity contribution in [1.29, 1.82) is 0 Å². The van der Waals surface area contributed by atoms with Gasteiger partial charge in [0.05, 0.1) is 5.69 Å². The molecule has 1 N–H and O–H groups in total. The van der Waals surface area contributed by atoms with E-state index in [0.29, 0.717) is 24.5 Å². The summed E-state index contributed by atoms with van der Waals surface area (Å²) in [6.07, 6.45) is 2.55. The lowest BCUT2D eigenvalue weighted by Gasteiger charge is -2.32. The number of hydrogen-bond donors (Lipinski definition) is 1. The van der Waals surface area contributed by atoms with E-state index in [1.54, 1.807) is 13.8 Å². The van der Waals surface area contributed by atoms with E-state index < -0.39 is 10.0 Å². The fourth-order valence-corrected chi connectivity index (χ4v) is 6.13. The quantitative estimate of drug-likeness (QED) is 0.797. The zero-order chi connectivity index (χ0) is 20.8. The molecule has 0 spiro atoms. The van der Waals surface area contributed by atoms with Crippen molar-refractivity contribution in [2.24, 2.45) is 0 Å². The van der Waals surface area contributed by atoms with Crippen LogP contribution in [-0.2, 0) is 23.0 Å². The van der Waals surface area contributed by atoms with Gasteiger partial charge in [-0.3, -0.25) is 0 Å². The normalized spacial score (nSPS) is 21.2. The zero-order valence-corrected chi connectivity index (χ0v) is 18.2. The Labute approximate surface area is 171 Å². The van der Waals surface area contributed by atoms with Crippen LogP contribution in [0.4, 0.5) is 5.82 Å². The second-order valence-corrected chi connectivity index (χ2v) is 9.82. The van der Waals surface area contributed by atoms with E-state index in [4.69, 9.17) is 14.5 Å². The Morgan fingerprint density at radius 1 is 1.21 bits per heavy atom. The Hall–Kier alpha value is -2.04. The number of fused-ring (bicyclic) bond motifs is 1. The van der Waals surface area contributed by atoms with E-state index in [9.17, 15) is 8.42 Å². The van der Waals surface area contributed by atoms with Gasteiger partial charge in [0.15, 0.2) is 5.76 Å². The molecular formula is C19H28N6O3S. The van der Waals surface area contributed by atoms with E-state index in [1.165, 1.54) is 9.87 Å². The highest BCUT2D eigenvalue weighted by atomic mass is 32.2. The van der Waals surface area contributed by atoms with E-state index in [-0.39, 0.29) is 10.8 Å². The lowest BCUT2D eigenvalue weighted by Crippen LogP contribution is -2.40. The number of rotatable bonds is 4. The number of hydrogen-bond acceptors (Lipinski definition) is 8. The molecule has 0 radical (unpaired) electrons. The first kappa shape index (κ1) is 20.2. The molecule has 9 nitrogen and oxygen atoms in total. The lowest BCUT2D eigenvalue weighted by molar-refractivity contribution is 0.296. The van der Waals surface area contributed by atoms with Gasteiger partial charge in [-0.15, -0.1) is 0 Å². The van der Waals surface area contributed by atoms with Crippen LogP contribution in [0, 0.1) is 13.8 Å². The first-order chi connectivity index (χ1) is 13.8. The van der Waals surface area contributed by atoms with E-state index in [2.05, 4.69) is 22.4 Å². The van der Waals surface area contributed by atoms with Crippen LogP contribution < -0.4 is 5.32 Å². The third kappa shape index (κ3) is 3.64. The Kier molecular flexibility index (Phi) is 5.34. The maximum Gasteiger partial charge on any atom is 0.248 e. The summed E-state index contributed by atoms with van der Waals surface area (Å²) in [4.78, 5) is 12.1. The van der Waals surface area contributed by atoms with Crippen LogP contribution in [0.5, 0.6) is 0 Å². The number of aromatic nitrogens is 3. The molecule has 4 rings (SSSR count). The van der Waals surface area contributed by atoms with Gasteiger partial charge >= 0.3 is 0 Å². The number of nitrogens with one attached hydrogen (secondary N) is 1. The van der Waals surface area contributed by atoms with Crippen molar-refractivity contribution < 1.29 is 12.9 Å². The molecule has 1 fully saturated rings.